The van der Waals surface area contributed by atoms with Gasteiger partial charge in [-0.05, 0) is 30.9 Å². The first-order valence-corrected chi connectivity index (χ1v) is 9.29. The lowest BCUT2D eigenvalue weighted by Gasteiger charge is -2.32. The third kappa shape index (κ3) is 4.41. The number of nitrogens with one attached hydrogen (secondary N) is 2. The number of fused-ring (bicyclic) bond motifs is 1. The molecule has 2 heterocycles. The lowest BCUT2D eigenvalue weighted by Crippen LogP contribution is -2.46. The minimum Gasteiger partial charge on any atom is -0.361 e. The molecule has 3 rings (SSSR count). The number of amides is 2. The fraction of sp³-hybridized carbons (Fsp3) is 0.500. The van der Waals surface area contributed by atoms with Gasteiger partial charge >= 0.3 is 0 Å². The van der Waals surface area contributed by atoms with Crippen LogP contribution in [0.4, 0.5) is 0 Å². The zero-order chi connectivity index (χ0) is 17.6. The van der Waals surface area contributed by atoms with E-state index in [1.807, 2.05) is 35.4 Å². The van der Waals surface area contributed by atoms with Crippen LogP contribution < -0.4 is 5.32 Å². The molecular weight excluding hydrogens is 314 g/mol. The highest BCUT2D eigenvalue weighted by molar-refractivity contribution is 5.88. The molecule has 2 aromatic rings. The van der Waals surface area contributed by atoms with Crippen molar-refractivity contribution in [2.75, 3.05) is 13.1 Å². The smallest absolute Gasteiger partial charge is 0.227 e. The number of hydrogen-bond acceptors (Lipinski definition) is 2. The summed E-state index contributed by atoms with van der Waals surface area (Å²) < 4.78 is 0. The minimum atomic E-state index is 0.144. The van der Waals surface area contributed by atoms with Gasteiger partial charge in [0.05, 0.1) is 6.42 Å². The highest BCUT2D eigenvalue weighted by Gasteiger charge is 2.24. The predicted molar refractivity (Wildman–Crippen MR) is 99.3 cm³/mol. The fourth-order valence-electron chi connectivity index (χ4n) is 3.46. The SMILES string of the molecule is CCCCC(=O)NC1CCN(C(=O)Cc2c[nH]c3ccccc23)CC1. The summed E-state index contributed by atoms with van der Waals surface area (Å²) in [6.45, 7) is 3.53. The van der Waals surface area contributed by atoms with Crippen molar-refractivity contribution in [3.8, 4) is 0 Å². The van der Waals surface area contributed by atoms with Crippen LogP contribution in [0.2, 0.25) is 0 Å². The van der Waals surface area contributed by atoms with Crippen LogP contribution >= 0.6 is 0 Å². The summed E-state index contributed by atoms with van der Waals surface area (Å²) >= 11 is 0. The lowest BCUT2D eigenvalue weighted by atomic mass is 10.0. The van der Waals surface area contributed by atoms with Gasteiger partial charge in [0.1, 0.15) is 0 Å². The van der Waals surface area contributed by atoms with Crippen molar-refractivity contribution in [3.05, 3.63) is 36.0 Å². The predicted octanol–water partition coefficient (Wildman–Crippen LogP) is 3.01. The second-order valence-electron chi connectivity index (χ2n) is 6.86. The molecule has 134 valence electrons. The van der Waals surface area contributed by atoms with Gasteiger partial charge in [-0.2, -0.15) is 0 Å². The summed E-state index contributed by atoms with van der Waals surface area (Å²) in [4.78, 5) is 29.6. The highest BCUT2D eigenvalue weighted by atomic mass is 16.2. The highest BCUT2D eigenvalue weighted by Crippen LogP contribution is 2.20. The van der Waals surface area contributed by atoms with Crippen LogP contribution in [0, 0.1) is 0 Å². The van der Waals surface area contributed by atoms with E-state index in [4.69, 9.17) is 0 Å². The number of para-hydroxylation sites is 1. The Morgan fingerprint density at radius 1 is 1.24 bits per heavy atom. The maximum Gasteiger partial charge on any atom is 0.227 e. The molecule has 25 heavy (non-hydrogen) atoms. The normalized spacial score (nSPS) is 15.5. The number of carbonyl (C=O) groups is 2. The molecule has 2 amide bonds. The van der Waals surface area contributed by atoms with Crippen molar-refractivity contribution < 1.29 is 9.59 Å². The van der Waals surface area contributed by atoms with Gasteiger partial charge in [-0.1, -0.05) is 31.5 Å². The van der Waals surface area contributed by atoms with E-state index < -0.39 is 0 Å². The van der Waals surface area contributed by atoms with E-state index in [0.29, 0.717) is 12.8 Å². The Bertz CT molecular complexity index is 729. The molecule has 0 saturated carbocycles. The largest absolute Gasteiger partial charge is 0.361 e. The standard InChI is InChI=1S/C20H27N3O2/c1-2-3-8-19(24)22-16-9-11-23(12-10-16)20(25)13-15-14-21-18-7-5-4-6-17(15)18/h4-7,14,16,21H,2-3,8-13H2,1H3,(H,22,24). The van der Waals surface area contributed by atoms with Crippen LogP contribution in [0.3, 0.4) is 0 Å². The molecule has 5 nitrogen and oxygen atoms in total. The average Bonchev–Trinajstić information content (AvgIpc) is 3.03. The number of nitrogens with zero attached hydrogens (tertiary/aromatic N) is 1. The maximum absolute atomic E-state index is 12.6. The summed E-state index contributed by atoms with van der Waals surface area (Å²) in [7, 11) is 0. The van der Waals surface area contributed by atoms with Crippen molar-refractivity contribution in [3.63, 3.8) is 0 Å². The number of likely N-dealkylation sites (tertiary alicyclic amines) is 1. The fourth-order valence-corrected chi connectivity index (χ4v) is 3.46. The summed E-state index contributed by atoms with van der Waals surface area (Å²) in [5.41, 5.74) is 2.12. The molecule has 1 aromatic heterocycles. The van der Waals surface area contributed by atoms with Crippen LogP contribution in [0.1, 0.15) is 44.6 Å². The number of H-pyrrole nitrogens is 1. The maximum atomic E-state index is 12.6. The van der Waals surface area contributed by atoms with E-state index in [1.165, 1.54) is 0 Å². The van der Waals surface area contributed by atoms with Gasteiger partial charge in [0.2, 0.25) is 11.8 Å². The van der Waals surface area contributed by atoms with E-state index in [0.717, 1.165) is 55.2 Å². The van der Waals surface area contributed by atoms with Crippen LogP contribution in [-0.2, 0) is 16.0 Å². The molecule has 1 fully saturated rings. The Morgan fingerprint density at radius 2 is 2.00 bits per heavy atom. The van der Waals surface area contributed by atoms with Crippen molar-refractivity contribution >= 4 is 22.7 Å². The van der Waals surface area contributed by atoms with Crippen molar-refractivity contribution in [1.29, 1.82) is 0 Å². The van der Waals surface area contributed by atoms with E-state index in [2.05, 4.69) is 17.2 Å². The molecule has 0 spiro atoms. The van der Waals surface area contributed by atoms with Gasteiger partial charge < -0.3 is 15.2 Å². The topological polar surface area (TPSA) is 65.2 Å². The zero-order valence-corrected chi connectivity index (χ0v) is 14.9. The van der Waals surface area contributed by atoms with Crippen LogP contribution in [0.5, 0.6) is 0 Å². The van der Waals surface area contributed by atoms with Crippen molar-refractivity contribution in [2.45, 2.75) is 51.5 Å². The molecule has 2 N–H and O–H groups in total. The van der Waals surface area contributed by atoms with Crippen LogP contribution in [-0.4, -0.2) is 40.8 Å². The molecule has 1 aromatic carbocycles. The number of unbranched alkanes of at least 4 members (excludes halogenated alkanes) is 1. The number of hydrogen-bond donors (Lipinski definition) is 2. The van der Waals surface area contributed by atoms with Crippen molar-refractivity contribution in [1.82, 2.24) is 15.2 Å². The third-order valence-corrected chi connectivity index (χ3v) is 4.99. The summed E-state index contributed by atoms with van der Waals surface area (Å²) in [6, 6.07) is 8.27. The number of aromatic amines is 1. The number of piperidine rings is 1. The second-order valence-corrected chi connectivity index (χ2v) is 6.86. The van der Waals surface area contributed by atoms with Crippen LogP contribution in [0.15, 0.2) is 30.5 Å². The van der Waals surface area contributed by atoms with Crippen molar-refractivity contribution in [2.24, 2.45) is 0 Å². The Labute approximate surface area is 148 Å². The Morgan fingerprint density at radius 3 is 2.76 bits per heavy atom. The van der Waals surface area contributed by atoms with Gasteiger partial charge in [0.15, 0.2) is 0 Å². The lowest BCUT2D eigenvalue weighted by molar-refractivity contribution is -0.131. The second kappa shape index (κ2) is 8.19. The molecule has 1 aliphatic rings. The van der Waals surface area contributed by atoms with Gasteiger partial charge in [-0.3, -0.25) is 9.59 Å². The number of aromatic nitrogens is 1. The number of rotatable bonds is 6. The molecule has 0 radical (unpaired) electrons. The van der Waals surface area contributed by atoms with E-state index in [1.54, 1.807) is 0 Å². The molecule has 1 saturated heterocycles. The minimum absolute atomic E-state index is 0.144. The summed E-state index contributed by atoms with van der Waals surface area (Å²) in [6.07, 6.45) is 6.63. The molecule has 0 aliphatic carbocycles. The van der Waals surface area contributed by atoms with Crippen LogP contribution in [0.25, 0.3) is 10.9 Å². The Kier molecular flexibility index (Phi) is 5.74. The van der Waals surface area contributed by atoms with E-state index >= 15 is 0 Å². The molecular formula is C20H27N3O2. The first kappa shape index (κ1) is 17.5. The molecule has 5 heteroatoms. The average molecular weight is 341 g/mol. The van der Waals surface area contributed by atoms with Gasteiger partial charge in [-0.15, -0.1) is 0 Å². The molecule has 1 aliphatic heterocycles. The zero-order valence-electron chi connectivity index (χ0n) is 14.9. The Balaban J connectivity index is 1.49. The summed E-state index contributed by atoms with van der Waals surface area (Å²) in [5.74, 6) is 0.311. The summed E-state index contributed by atoms with van der Waals surface area (Å²) in [5, 5.41) is 4.22. The molecule has 0 atom stereocenters. The van der Waals surface area contributed by atoms with Gasteiger partial charge in [0.25, 0.3) is 0 Å². The van der Waals surface area contributed by atoms with E-state index in [-0.39, 0.29) is 17.9 Å². The molecule has 0 bridgehead atoms. The van der Waals surface area contributed by atoms with Gasteiger partial charge in [-0.25, -0.2) is 0 Å². The monoisotopic (exact) mass is 341 g/mol. The quantitative estimate of drug-likeness (QED) is 0.848. The first-order valence-electron chi connectivity index (χ1n) is 9.29. The first-order chi connectivity index (χ1) is 12.2. The third-order valence-electron chi connectivity index (χ3n) is 4.99. The Hall–Kier alpha value is -2.30. The van der Waals surface area contributed by atoms with E-state index in [9.17, 15) is 9.59 Å². The molecule has 0 unspecified atom stereocenters. The van der Waals surface area contributed by atoms with Gasteiger partial charge in [0, 0.05) is 42.7 Å². The number of carbonyl (C=O) groups excluding carboxylic acids is 2. The number of benzene rings is 1.